The maximum absolute atomic E-state index is 3.98. The zero-order valence-electron chi connectivity index (χ0n) is 13.3. The van der Waals surface area contributed by atoms with Gasteiger partial charge in [-0.25, -0.2) is 0 Å². The van der Waals surface area contributed by atoms with Gasteiger partial charge < -0.3 is 10.3 Å². The maximum Gasteiger partial charge on any atom is 0.0478 e. The summed E-state index contributed by atoms with van der Waals surface area (Å²) in [5.41, 5.74) is 4.36. The molecule has 2 aliphatic rings. The highest BCUT2D eigenvalue weighted by atomic mass is 127. The fraction of sp³-hybridized carbons (Fsp3) is 0.579. The fourth-order valence-electron chi connectivity index (χ4n) is 4.31. The standard InChI is InChI=1S/C19H25IN2/c1-12-5-8-14(9-6-12)21-18-4-2-3-15-16-11-13(20)7-10-17(16)22-19(15)18/h7,10-12,14,18,21-22H,2-6,8-9H2,1H3. The van der Waals surface area contributed by atoms with E-state index in [2.05, 4.69) is 58.0 Å². The molecular weight excluding hydrogens is 383 g/mol. The second-order valence-corrected chi connectivity index (χ2v) is 8.52. The molecule has 4 rings (SSSR count). The molecule has 1 atom stereocenters. The fourth-order valence-corrected chi connectivity index (χ4v) is 4.80. The predicted octanol–water partition coefficient (Wildman–Crippen LogP) is 5.32. The summed E-state index contributed by atoms with van der Waals surface area (Å²) in [7, 11) is 0. The number of aryl methyl sites for hydroxylation is 1. The van der Waals surface area contributed by atoms with Gasteiger partial charge in [-0.2, -0.15) is 0 Å². The minimum absolute atomic E-state index is 0.534. The number of hydrogen-bond acceptors (Lipinski definition) is 1. The Hall–Kier alpha value is -0.550. The number of hydrogen-bond donors (Lipinski definition) is 2. The van der Waals surface area contributed by atoms with Gasteiger partial charge in [0.15, 0.2) is 0 Å². The van der Waals surface area contributed by atoms with Crippen LogP contribution < -0.4 is 5.32 Å². The van der Waals surface area contributed by atoms with E-state index in [1.54, 1.807) is 5.56 Å². The van der Waals surface area contributed by atoms with Gasteiger partial charge in [-0.15, -0.1) is 0 Å². The van der Waals surface area contributed by atoms with Gasteiger partial charge in [0.25, 0.3) is 0 Å². The van der Waals surface area contributed by atoms with Gasteiger partial charge in [-0.05, 0) is 97.2 Å². The van der Waals surface area contributed by atoms with Crippen LogP contribution in [0.2, 0.25) is 0 Å². The largest absolute Gasteiger partial charge is 0.357 e. The summed E-state index contributed by atoms with van der Waals surface area (Å²) in [6.07, 6.45) is 9.31. The first-order valence-corrected chi connectivity index (χ1v) is 9.84. The van der Waals surface area contributed by atoms with Crippen molar-refractivity contribution in [1.29, 1.82) is 0 Å². The van der Waals surface area contributed by atoms with Crippen LogP contribution in [0.3, 0.4) is 0 Å². The van der Waals surface area contributed by atoms with Crippen molar-refractivity contribution in [3.05, 3.63) is 33.0 Å². The Balaban J connectivity index is 1.60. The average molecular weight is 408 g/mol. The highest BCUT2D eigenvalue weighted by molar-refractivity contribution is 14.1. The highest BCUT2D eigenvalue weighted by Crippen LogP contribution is 2.36. The molecule has 1 saturated carbocycles. The number of halogens is 1. The van der Waals surface area contributed by atoms with Crippen LogP contribution in [0.1, 0.15) is 62.7 Å². The Kier molecular flexibility index (Phi) is 4.20. The van der Waals surface area contributed by atoms with Crippen molar-refractivity contribution in [2.75, 3.05) is 0 Å². The molecule has 0 spiro atoms. The van der Waals surface area contributed by atoms with Crippen LogP contribution in [0.5, 0.6) is 0 Å². The summed E-state index contributed by atoms with van der Waals surface area (Å²) in [5.74, 6) is 0.926. The van der Waals surface area contributed by atoms with Gasteiger partial charge in [0, 0.05) is 32.3 Å². The third-order valence-electron chi connectivity index (χ3n) is 5.62. The lowest BCUT2D eigenvalue weighted by atomic mass is 9.85. The second kappa shape index (κ2) is 6.16. The zero-order chi connectivity index (χ0) is 15.1. The molecule has 1 aromatic carbocycles. The molecule has 1 fully saturated rings. The number of aromatic amines is 1. The van der Waals surface area contributed by atoms with E-state index in [1.807, 2.05) is 0 Å². The van der Waals surface area contributed by atoms with E-state index in [1.165, 1.54) is 65.1 Å². The van der Waals surface area contributed by atoms with Crippen LogP contribution in [0.25, 0.3) is 10.9 Å². The Bertz CT molecular complexity index is 667. The summed E-state index contributed by atoms with van der Waals surface area (Å²) in [6, 6.07) is 8.05. The van der Waals surface area contributed by atoms with Crippen molar-refractivity contribution in [2.24, 2.45) is 5.92 Å². The van der Waals surface area contributed by atoms with E-state index in [9.17, 15) is 0 Å². The molecule has 118 valence electrons. The highest BCUT2D eigenvalue weighted by Gasteiger charge is 2.27. The third-order valence-corrected chi connectivity index (χ3v) is 6.29. The maximum atomic E-state index is 3.98. The summed E-state index contributed by atoms with van der Waals surface area (Å²) in [6.45, 7) is 2.40. The van der Waals surface area contributed by atoms with Crippen LogP contribution in [0.4, 0.5) is 0 Å². The van der Waals surface area contributed by atoms with Crippen LogP contribution in [-0.2, 0) is 6.42 Å². The first-order chi connectivity index (χ1) is 10.7. The topological polar surface area (TPSA) is 27.8 Å². The van der Waals surface area contributed by atoms with E-state index in [0.29, 0.717) is 6.04 Å². The van der Waals surface area contributed by atoms with Crippen molar-refractivity contribution in [2.45, 2.75) is 64.0 Å². The molecule has 1 heterocycles. The number of rotatable bonds is 2. The molecule has 0 saturated heterocycles. The number of aromatic nitrogens is 1. The van der Waals surface area contributed by atoms with Gasteiger partial charge in [0.05, 0.1) is 0 Å². The van der Waals surface area contributed by atoms with Gasteiger partial charge in [-0.3, -0.25) is 0 Å². The predicted molar refractivity (Wildman–Crippen MR) is 101 cm³/mol. The summed E-state index contributed by atoms with van der Waals surface area (Å²) < 4.78 is 1.34. The van der Waals surface area contributed by atoms with E-state index >= 15 is 0 Å². The molecule has 22 heavy (non-hydrogen) atoms. The molecule has 0 aliphatic heterocycles. The van der Waals surface area contributed by atoms with Gasteiger partial charge in [0.2, 0.25) is 0 Å². The Morgan fingerprint density at radius 1 is 1.14 bits per heavy atom. The smallest absolute Gasteiger partial charge is 0.0478 e. The first-order valence-electron chi connectivity index (χ1n) is 8.77. The Morgan fingerprint density at radius 2 is 1.95 bits per heavy atom. The van der Waals surface area contributed by atoms with Crippen molar-refractivity contribution in [1.82, 2.24) is 10.3 Å². The molecule has 1 aromatic heterocycles. The second-order valence-electron chi connectivity index (χ2n) is 7.28. The monoisotopic (exact) mass is 408 g/mol. The number of fused-ring (bicyclic) bond motifs is 3. The normalized spacial score (nSPS) is 28.7. The van der Waals surface area contributed by atoms with E-state index in [4.69, 9.17) is 0 Å². The van der Waals surface area contributed by atoms with Crippen molar-refractivity contribution in [3.63, 3.8) is 0 Å². The van der Waals surface area contributed by atoms with Crippen molar-refractivity contribution in [3.8, 4) is 0 Å². The number of nitrogens with one attached hydrogen (secondary N) is 2. The van der Waals surface area contributed by atoms with Crippen molar-refractivity contribution < 1.29 is 0 Å². The molecule has 0 radical (unpaired) electrons. The van der Waals surface area contributed by atoms with Gasteiger partial charge >= 0.3 is 0 Å². The molecular formula is C19H25IN2. The lowest BCUT2D eigenvalue weighted by molar-refractivity contribution is 0.276. The van der Waals surface area contributed by atoms with Gasteiger partial charge in [0.1, 0.15) is 0 Å². The van der Waals surface area contributed by atoms with E-state index < -0.39 is 0 Å². The molecule has 0 amide bonds. The summed E-state index contributed by atoms with van der Waals surface area (Å²) in [5, 5.41) is 5.43. The Morgan fingerprint density at radius 3 is 2.77 bits per heavy atom. The van der Waals surface area contributed by atoms with Crippen LogP contribution in [0, 0.1) is 9.49 Å². The number of benzene rings is 1. The molecule has 2 N–H and O–H groups in total. The molecule has 2 nitrogen and oxygen atoms in total. The Labute approximate surface area is 146 Å². The SMILES string of the molecule is CC1CCC(NC2CCCc3c2[nH]c2ccc(I)cc32)CC1. The molecule has 2 aliphatic carbocycles. The minimum Gasteiger partial charge on any atom is -0.357 e. The van der Waals surface area contributed by atoms with E-state index in [-0.39, 0.29) is 0 Å². The third kappa shape index (κ3) is 2.82. The summed E-state index contributed by atoms with van der Waals surface area (Å²) >= 11 is 2.42. The zero-order valence-corrected chi connectivity index (χ0v) is 15.4. The molecule has 0 bridgehead atoms. The average Bonchev–Trinajstić information content (AvgIpc) is 2.89. The first kappa shape index (κ1) is 15.0. The van der Waals surface area contributed by atoms with Crippen LogP contribution in [-0.4, -0.2) is 11.0 Å². The van der Waals surface area contributed by atoms with E-state index in [0.717, 1.165) is 12.0 Å². The summed E-state index contributed by atoms with van der Waals surface area (Å²) in [4.78, 5) is 3.73. The lowest BCUT2D eigenvalue weighted by Gasteiger charge is -2.32. The molecule has 2 aromatic rings. The molecule has 1 unspecified atom stereocenters. The number of H-pyrrole nitrogens is 1. The van der Waals surface area contributed by atoms with Crippen molar-refractivity contribution >= 4 is 33.5 Å². The minimum atomic E-state index is 0.534. The van der Waals surface area contributed by atoms with Crippen LogP contribution in [0.15, 0.2) is 18.2 Å². The van der Waals surface area contributed by atoms with Gasteiger partial charge in [-0.1, -0.05) is 6.92 Å². The quantitative estimate of drug-likeness (QED) is 0.647. The lowest BCUT2D eigenvalue weighted by Crippen LogP contribution is -2.37. The van der Waals surface area contributed by atoms with Crippen LogP contribution >= 0.6 is 22.6 Å². The molecule has 3 heteroatoms.